The van der Waals surface area contributed by atoms with Crippen molar-refractivity contribution in [1.82, 2.24) is 9.97 Å². The van der Waals surface area contributed by atoms with Crippen LogP contribution in [0.5, 0.6) is 0 Å². The van der Waals surface area contributed by atoms with Crippen LogP contribution in [0, 0.1) is 0 Å². The van der Waals surface area contributed by atoms with E-state index in [9.17, 15) is 0 Å². The summed E-state index contributed by atoms with van der Waals surface area (Å²) in [6.07, 6.45) is 4.33. The second-order valence-corrected chi connectivity index (χ2v) is 1.62. The Bertz CT molecular complexity index is 143. The Kier molecular flexibility index (Phi) is 4.51. The molecule has 46 valence electrons. The molecule has 0 unspecified atom stereocenters. The molecule has 0 aliphatic heterocycles. The van der Waals surface area contributed by atoms with Crippen molar-refractivity contribution in [3.63, 3.8) is 0 Å². The summed E-state index contributed by atoms with van der Waals surface area (Å²) >= 11 is 0. The summed E-state index contributed by atoms with van der Waals surface area (Å²) in [5.74, 6) is 0. The molecule has 0 radical (unpaired) electrons. The number of aromatic amines is 1. The van der Waals surface area contributed by atoms with E-state index in [0.717, 1.165) is 12.1 Å². The van der Waals surface area contributed by atoms with Crippen LogP contribution in [0.2, 0.25) is 0 Å². The van der Waals surface area contributed by atoms with E-state index in [1.807, 2.05) is 0 Å². The number of aromatic nitrogens is 2. The van der Waals surface area contributed by atoms with Crippen molar-refractivity contribution >= 4 is 0 Å². The fraction of sp³-hybridized carbons (Fsp3) is 0.400. The SMILES string of the molecule is NCCc1cnc[nH]1.[H-].[Li+]. The average Bonchev–Trinajstić information content (AvgIpc) is 2.19. The number of nitrogens with two attached hydrogens (primary N) is 1. The van der Waals surface area contributed by atoms with E-state index >= 15 is 0 Å². The first-order valence-corrected chi connectivity index (χ1v) is 2.61. The summed E-state index contributed by atoms with van der Waals surface area (Å²) in [4.78, 5) is 6.78. The fourth-order valence-electron chi connectivity index (χ4n) is 0.577. The first-order chi connectivity index (χ1) is 3.93. The molecule has 0 saturated carbocycles. The molecule has 0 aromatic carbocycles. The molecule has 0 fully saturated rings. The van der Waals surface area contributed by atoms with Gasteiger partial charge in [-0.2, -0.15) is 0 Å². The van der Waals surface area contributed by atoms with Crippen LogP contribution in [0.25, 0.3) is 0 Å². The van der Waals surface area contributed by atoms with Gasteiger partial charge in [0.1, 0.15) is 0 Å². The standard InChI is InChI=1S/C5H9N3.Li.H/c6-2-1-5-3-7-4-8-5;;/h3-4H,1-2,6H2,(H,7,8);;/q;+1;-1. The molecule has 0 amide bonds. The molecule has 1 rings (SSSR count). The van der Waals surface area contributed by atoms with Gasteiger partial charge in [0.05, 0.1) is 6.33 Å². The van der Waals surface area contributed by atoms with Gasteiger partial charge in [0.25, 0.3) is 0 Å². The third-order valence-electron chi connectivity index (χ3n) is 0.969. The molecule has 9 heavy (non-hydrogen) atoms. The van der Waals surface area contributed by atoms with Crippen LogP contribution < -0.4 is 24.6 Å². The molecule has 0 aliphatic rings. The van der Waals surface area contributed by atoms with Gasteiger partial charge in [-0.25, -0.2) is 4.98 Å². The first-order valence-electron chi connectivity index (χ1n) is 2.61. The molecule has 3 N–H and O–H groups in total. The van der Waals surface area contributed by atoms with Crippen LogP contribution >= 0.6 is 0 Å². The van der Waals surface area contributed by atoms with E-state index in [4.69, 9.17) is 5.73 Å². The van der Waals surface area contributed by atoms with Gasteiger partial charge in [-0.15, -0.1) is 0 Å². The predicted molar refractivity (Wildman–Crippen MR) is 32.5 cm³/mol. The molecule has 0 saturated heterocycles. The van der Waals surface area contributed by atoms with Gasteiger partial charge < -0.3 is 12.1 Å². The Morgan fingerprint density at radius 2 is 2.56 bits per heavy atom. The molecular weight excluding hydrogens is 109 g/mol. The molecule has 3 nitrogen and oxygen atoms in total. The van der Waals surface area contributed by atoms with Crippen molar-refractivity contribution in [1.29, 1.82) is 0 Å². The zero-order valence-electron chi connectivity index (χ0n) is 6.59. The van der Waals surface area contributed by atoms with E-state index in [-0.39, 0.29) is 20.3 Å². The first kappa shape index (κ1) is 8.77. The van der Waals surface area contributed by atoms with Gasteiger partial charge in [0.2, 0.25) is 0 Å². The molecule has 0 atom stereocenters. The molecule has 4 heteroatoms. The minimum Gasteiger partial charge on any atom is -1.00 e. The smallest absolute Gasteiger partial charge is 1.00 e. The molecule has 0 spiro atoms. The van der Waals surface area contributed by atoms with Crippen LogP contribution in [-0.4, -0.2) is 16.5 Å². The Labute approximate surface area is 67.7 Å². The number of H-pyrrole nitrogens is 1. The van der Waals surface area contributed by atoms with Crippen LogP contribution in [-0.2, 0) is 6.42 Å². The maximum Gasteiger partial charge on any atom is 1.00 e. The van der Waals surface area contributed by atoms with Crippen LogP contribution in [0.3, 0.4) is 0 Å². The zero-order chi connectivity index (χ0) is 5.82. The normalized spacial score (nSPS) is 8.56. The van der Waals surface area contributed by atoms with Gasteiger partial charge in [-0.05, 0) is 6.54 Å². The number of nitrogens with one attached hydrogen (secondary N) is 1. The number of rotatable bonds is 2. The number of hydrogen-bond donors (Lipinski definition) is 2. The van der Waals surface area contributed by atoms with E-state index in [0.29, 0.717) is 6.54 Å². The summed E-state index contributed by atoms with van der Waals surface area (Å²) < 4.78 is 0. The molecular formula is C5H10LiN3. The van der Waals surface area contributed by atoms with Crippen LogP contribution in [0.15, 0.2) is 12.5 Å². The predicted octanol–water partition coefficient (Wildman–Crippen LogP) is -2.97. The quantitative estimate of drug-likeness (QED) is 0.408. The Morgan fingerprint density at radius 1 is 1.78 bits per heavy atom. The minimum atomic E-state index is 0. The van der Waals surface area contributed by atoms with Gasteiger partial charge in [0, 0.05) is 18.3 Å². The second kappa shape index (κ2) is 4.63. The molecule has 0 bridgehead atoms. The van der Waals surface area contributed by atoms with E-state index < -0.39 is 0 Å². The maximum absolute atomic E-state index is 5.27. The van der Waals surface area contributed by atoms with Gasteiger partial charge in [-0.3, -0.25) is 0 Å². The van der Waals surface area contributed by atoms with E-state index in [1.165, 1.54) is 0 Å². The van der Waals surface area contributed by atoms with Crippen molar-refractivity contribution in [2.45, 2.75) is 6.42 Å². The van der Waals surface area contributed by atoms with Crippen molar-refractivity contribution in [2.24, 2.45) is 5.73 Å². The monoisotopic (exact) mass is 119 g/mol. The molecule has 1 heterocycles. The average molecular weight is 119 g/mol. The van der Waals surface area contributed by atoms with Gasteiger partial charge in [-0.1, -0.05) is 0 Å². The van der Waals surface area contributed by atoms with Crippen molar-refractivity contribution in [2.75, 3.05) is 6.54 Å². The summed E-state index contributed by atoms with van der Waals surface area (Å²) in [6, 6.07) is 0. The number of hydrogen-bond acceptors (Lipinski definition) is 2. The second-order valence-electron chi connectivity index (χ2n) is 1.62. The Hall–Kier alpha value is -0.233. The topological polar surface area (TPSA) is 54.7 Å². The Morgan fingerprint density at radius 3 is 3.00 bits per heavy atom. The molecule has 0 aliphatic carbocycles. The van der Waals surface area contributed by atoms with Crippen molar-refractivity contribution in [3.05, 3.63) is 18.2 Å². The summed E-state index contributed by atoms with van der Waals surface area (Å²) in [5, 5.41) is 0. The molecule has 1 aromatic rings. The third-order valence-corrected chi connectivity index (χ3v) is 0.969. The van der Waals surface area contributed by atoms with Gasteiger partial charge >= 0.3 is 18.9 Å². The zero-order valence-corrected chi connectivity index (χ0v) is 5.59. The fourth-order valence-corrected chi connectivity index (χ4v) is 0.577. The maximum atomic E-state index is 5.27. The minimum absolute atomic E-state index is 0. The number of imidazole rings is 1. The summed E-state index contributed by atoms with van der Waals surface area (Å²) in [7, 11) is 0. The molecule has 1 aromatic heterocycles. The summed E-state index contributed by atoms with van der Waals surface area (Å²) in [6.45, 7) is 0.683. The van der Waals surface area contributed by atoms with Gasteiger partial charge in [0.15, 0.2) is 0 Å². The number of nitrogens with zero attached hydrogens (tertiary/aromatic N) is 1. The van der Waals surface area contributed by atoms with Crippen LogP contribution in [0.1, 0.15) is 7.12 Å². The largest absolute Gasteiger partial charge is 1.00 e. The Balaban J connectivity index is 0. The van der Waals surface area contributed by atoms with E-state index in [1.54, 1.807) is 12.5 Å². The van der Waals surface area contributed by atoms with E-state index in [2.05, 4.69) is 9.97 Å². The summed E-state index contributed by atoms with van der Waals surface area (Å²) in [5.41, 5.74) is 6.38. The third kappa shape index (κ3) is 2.71. The van der Waals surface area contributed by atoms with Crippen molar-refractivity contribution < 1.29 is 20.3 Å². The van der Waals surface area contributed by atoms with Crippen LogP contribution in [0.4, 0.5) is 0 Å². The van der Waals surface area contributed by atoms with Crippen molar-refractivity contribution in [3.8, 4) is 0 Å².